The van der Waals surface area contributed by atoms with Crippen LogP contribution in [0.5, 0.6) is 0 Å². The van der Waals surface area contributed by atoms with Gasteiger partial charge >= 0.3 is 0 Å². The summed E-state index contributed by atoms with van der Waals surface area (Å²) in [5.41, 5.74) is 0.850. The summed E-state index contributed by atoms with van der Waals surface area (Å²) in [7, 11) is -3.70. The third-order valence-electron chi connectivity index (χ3n) is 1.81. The van der Waals surface area contributed by atoms with Crippen LogP contribution in [0.1, 0.15) is 19.4 Å². The molecule has 84 valence electrons. The zero-order valence-corrected chi connectivity index (χ0v) is 9.58. The largest absolute Gasteiger partial charge is 0.310 e. The Hall–Kier alpha value is -0.980. The van der Waals surface area contributed by atoms with Crippen molar-refractivity contribution in [2.75, 3.05) is 0 Å². The van der Waals surface area contributed by atoms with Crippen molar-refractivity contribution < 1.29 is 8.42 Å². The Kier molecular flexibility index (Phi) is 3.78. The van der Waals surface area contributed by atoms with Crippen LogP contribution in [0.2, 0.25) is 0 Å². The van der Waals surface area contributed by atoms with Gasteiger partial charge in [0.25, 0.3) is 10.0 Å². The third kappa shape index (κ3) is 3.94. The van der Waals surface area contributed by atoms with Crippen molar-refractivity contribution in [2.45, 2.75) is 31.5 Å². The second kappa shape index (κ2) is 4.69. The number of hydrogen-bond acceptors (Lipinski definition) is 4. The van der Waals surface area contributed by atoms with Crippen molar-refractivity contribution in [3.05, 3.63) is 23.9 Å². The number of nitrogens with one attached hydrogen (secondary N) is 1. The van der Waals surface area contributed by atoms with Crippen LogP contribution < -0.4 is 10.5 Å². The van der Waals surface area contributed by atoms with Gasteiger partial charge in [-0.3, -0.25) is 0 Å². The number of primary sulfonamides is 1. The lowest BCUT2D eigenvalue weighted by Crippen LogP contribution is -2.22. The highest BCUT2D eigenvalue weighted by Crippen LogP contribution is 2.06. The highest BCUT2D eigenvalue weighted by atomic mass is 32.2. The number of rotatable bonds is 4. The van der Waals surface area contributed by atoms with Crippen LogP contribution in [0, 0.1) is 0 Å². The Morgan fingerprint density at radius 3 is 2.73 bits per heavy atom. The highest BCUT2D eigenvalue weighted by Gasteiger charge is 2.09. The molecule has 0 saturated carbocycles. The zero-order chi connectivity index (χ0) is 11.5. The molecular weight excluding hydrogens is 214 g/mol. The Balaban J connectivity index is 2.84. The number of nitrogens with zero attached hydrogens (tertiary/aromatic N) is 1. The molecule has 15 heavy (non-hydrogen) atoms. The molecule has 0 spiro atoms. The van der Waals surface area contributed by atoms with E-state index in [1.807, 2.05) is 13.8 Å². The summed E-state index contributed by atoms with van der Waals surface area (Å²) in [5.74, 6) is 0. The molecule has 0 aliphatic heterocycles. The molecule has 6 heteroatoms. The van der Waals surface area contributed by atoms with Gasteiger partial charge in [0.1, 0.15) is 0 Å². The summed E-state index contributed by atoms with van der Waals surface area (Å²) in [6, 6.07) is 3.57. The summed E-state index contributed by atoms with van der Waals surface area (Å²) >= 11 is 0. The minimum Gasteiger partial charge on any atom is -0.310 e. The molecule has 0 radical (unpaired) electrons. The third-order valence-corrected chi connectivity index (χ3v) is 2.61. The van der Waals surface area contributed by atoms with E-state index in [1.54, 1.807) is 6.07 Å². The molecule has 0 saturated heterocycles. The van der Waals surface area contributed by atoms with Gasteiger partial charge in [-0.05, 0) is 17.7 Å². The molecule has 1 aromatic rings. The maximum absolute atomic E-state index is 11.0. The molecule has 0 atom stereocenters. The van der Waals surface area contributed by atoms with E-state index < -0.39 is 10.0 Å². The summed E-state index contributed by atoms with van der Waals surface area (Å²) in [5, 5.41) is 8.06. The normalized spacial score (nSPS) is 12.0. The van der Waals surface area contributed by atoms with E-state index in [9.17, 15) is 8.42 Å². The molecule has 0 aromatic carbocycles. The maximum Gasteiger partial charge on any atom is 0.255 e. The van der Waals surface area contributed by atoms with Gasteiger partial charge in [-0.15, -0.1) is 0 Å². The molecule has 0 aliphatic rings. The fourth-order valence-corrected chi connectivity index (χ4v) is 1.56. The fourth-order valence-electron chi connectivity index (χ4n) is 1.04. The summed E-state index contributed by atoms with van der Waals surface area (Å²) in [6.45, 7) is 4.63. The average Bonchev–Trinajstić information content (AvgIpc) is 2.14. The number of aromatic nitrogens is 1. The van der Waals surface area contributed by atoms with Gasteiger partial charge in [0.2, 0.25) is 0 Å². The van der Waals surface area contributed by atoms with Gasteiger partial charge in [0.15, 0.2) is 5.03 Å². The van der Waals surface area contributed by atoms with Gasteiger partial charge in [-0.25, -0.2) is 18.5 Å². The minimum absolute atomic E-state index is 0.0921. The quantitative estimate of drug-likeness (QED) is 0.773. The predicted molar refractivity (Wildman–Crippen MR) is 57.6 cm³/mol. The fraction of sp³-hybridized carbons (Fsp3) is 0.444. The molecule has 0 amide bonds. The van der Waals surface area contributed by atoms with Crippen molar-refractivity contribution >= 4 is 10.0 Å². The average molecular weight is 229 g/mol. The predicted octanol–water partition coefficient (Wildman–Crippen LogP) is 0.227. The van der Waals surface area contributed by atoms with Gasteiger partial charge in [0.05, 0.1) is 0 Å². The van der Waals surface area contributed by atoms with E-state index in [-0.39, 0.29) is 5.03 Å². The van der Waals surface area contributed by atoms with E-state index in [1.165, 1.54) is 12.3 Å². The molecule has 1 rings (SSSR count). The molecule has 0 fully saturated rings. The smallest absolute Gasteiger partial charge is 0.255 e. The van der Waals surface area contributed by atoms with Gasteiger partial charge in [-0.1, -0.05) is 13.8 Å². The Morgan fingerprint density at radius 1 is 1.53 bits per heavy atom. The topological polar surface area (TPSA) is 85.1 Å². The molecule has 1 aromatic heterocycles. The standard InChI is InChI=1S/C9H15N3O2S/c1-7(2)12-6-8-3-4-11-9(5-8)15(10,13)14/h3-5,7,12H,6H2,1-2H3,(H2,10,13,14). The maximum atomic E-state index is 11.0. The summed E-state index contributed by atoms with van der Waals surface area (Å²) < 4.78 is 22.0. The van der Waals surface area contributed by atoms with Gasteiger partial charge in [0, 0.05) is 18.8 Å². The number of sulfonamides is 1. The first kappa shape index (κ1) is 12.1. The monoisotopic (exact) mass is 229 g/mol. The van der Waals surface area contributed by atoms with Crippen LogP contribution in [0.15, 0.2) is 23.4 Å². The second-order valence-corrected chi connectivity index (χ2v) is 5.09. The minimum atomic E-state index is -3.70. The van der Waals surface area contributed by atoms with Crippen molar-refractivity contribution in [1.82, 2.24) is 10.3 Å². The van der Waals surface area contributed by atoms with Crippen LogP contribution in [-0.4, -0.2) is 19.4 Å². The number of nitrogens with two attached hydrogens (primary N) is 1. The SMILES string of the molecule is CC(C)NCc1ccnc(S(N)(=O)=O)c1. The van der Waals surface area contributed by atoms with E-state index in [0.717, 1.165) is 5.56 Å². The first-order chi connectivity index (χ1) is 6.89. The van der Waals surface area contributed by atoms with Crippen molar-refractivity contribution in [3.63, 3.8) is 0 Å². The lowest BCUT2D eigenvalue weighted by atomic mass is 10.2. The number of pyridine rings is 1. The van der Waals surface area contributed by atoms with Crippen LogP contribution in [0.4, 0.5) is 0 Å². The van der Waals surface area contributed by atoms with Crippen molar-refractivity contribution in [3.8, 4) is 0 Å². The van der Waals surface area contributed by atoms with Crippen LogP contribution in [0.3, 0.4) is 0 Å². The molecule has 5 nitrogen and oxygen atoms in total. The first-order valence-electron chi connectivity index (χ1n) is 4.60. The lowest BCUT2D eigenvalue weighted by Gasteiger charge is -2.08. The van der Waals surface area contributed by atoms with E-state index in [2.05, 4.69) is 10.3 Å². The molecule has 0 aliphatic carbocycles. The van der Waals surface area contributed by atoms with Crippen LogP contribution >= 0.6 is 0 Å². The van der Waals surface area contributed by atoms with Gasteiger partial charge in [-0.2, -0.15) is 0 Å². The molecule has 1 heterocycles. The Labute approximate surface area is 89.8 Å². The van der Waals surface area contributed by atoms with Gasteiger partial charge < -0.3 is 5.32 Å². The zero-order valence-electron chi connectivity index (χ0n) is 8.77. The molecule has 0 unspecified atom stereocenters. The van der Waals surface area contributed by atoms with Crippen molar-refractivity contribution in [1.29, 1.82) is 0 Å². The Bertz CT molecular complexity index is 429. The summed E-state index contributed by atoms with van der Waals surface area (Å²) in [4.78, 5) is 3.70. The van der Waals surface area contributed by atoms with Crippen LogP contribution in [0.25, 0.3) is 0 Å². The van der Waals surface area contributed by atoms with E-state index in [0.29, 0.717) is 12.6 Å². The lowest BCUT2D eigenvalue weighted by molar-refractivity contribution is 0.584. The second-order valence-electron chi connectivity index (χ2n) is 3.58. The highest BCUT2D eigenvalue weighted by molar-refractivity contribution is 7.89. The molecule has 3 N–H and O–H groups in total. The van der Waals surface area contributed by atoms with Crippen LogP contribution in [-0.2, 0) is 16.6 Å². The summed E-state index contributed by atoms with van der Waals surface area (Å²) in [6.07, 6.45) is 1.44. The van der Waals surface area contributed by atoms with Crippen molar-refractivity contribution in [2.24, 2.45) is 5.14 Å². The Morgan fingerprint density at radius 2 is 2.20 bits per heavy atom. The van der Waals surface area contributed by atoms with E-state index in [4.69, 9.17) is 5.14 Å². The number of hydrogen-bond donors (Lipinski definition) is 2. The molecular formula is C9H15N3O2S. The molecule has 0 bridgehead atoms. The van der Waals surface area contributed by atoms with E-state index >= 15 is 0 Å². The first-order valence-corrected chi connectivity index (χ1v) is 6.15.